The maximum atomic E-state index is 11.7. The molecule has 0 saturated heterocycles. The van der Waals surface area contributed by atoms with Crippen LogP contribution in [0.2, 0.25) is 0 Å². The molecule has 0 heterocycles. The SMILES string of the molecule is CCCC(C)C(=O)N[C@@H](CCC(=O)OCC)C(=O)O. The Balaban J connectivity index is 4.30. The van der Waals surface area contributed by atoms with Gasteiger partial charge in [0.05, 0.1) is 6.61 Å². The Hall–Kier alpha value is -1.59. The Morgan fingerprint density at radius 2 is 1.84 bits per heavy atom. The lowest BCUT2D eigenvalue weighted by molar-refractivity contribution is -0.145. The topological polar surface area (TPSA) is 92.7 Å². The van der Waals surface area contributed by atoms with Gasteiger partial charge in [-0.2, -0.15) is 0 Å². The third-order valence-corrected chi connectivity index (χ3v) is 2.73. The van der Waals surface area contributed by atoms with Gasteiger partial charge in [-0.25, -0.2) is 4.79 Å². The second-order valence-electron chi connectivity index (χ2n) is 4.43. The summed E-state index contributed by atoms with van der Waals surface area (Å²) in [6.45, 7) is 5.65. The van der Waals surface area contributed by atoms with Crippen molar-refractivity contribution in [3.63, 3.8) is 0 Å². The van der Waals surface area contributed by atoms with Crippen LogP contribution in [0.3, 0.4) is 0 Å². The number of carbonyl (C=O) groups is 3. The van der Waals surface area contributed by atoms with Crippen molar-refractivity contribution in [1.29, 1.82) is 0 Å². The predicted octanol–water partition coefficient (Wildman–Crippen LogP) is 1.34. The zero-order valence-corrected chi connectivity index (χ0v) is 11.8. The first kappa shape index (κ1) is 17.4. The van der Waals surface area contributed by atoms with Gasteiger partial charge < -0.3 is 15.2 Å². The summed E-state index contributed by atoms with van der Waals surface area (Å²) in [5.74, 6) is -2.11. The quantitative estimate of drug-likeness (QED) is 0.618. The van der Waals surface area contributed by atoms with Gasteiger partial charge >= 0.3 is 11.9 Å². The van der Waals surface area contributed by atoms with Gasteiger partial charge in [-0.3, -0.25) is 9.59 Å². The third-order valence-electron chi connectivity index (χ3n) is 2.73. The minimum atomic E-state index is -1.14. The first-order valence-corrected chi connectivity index (χ1v) is 6.61. The average molecular weight is 273 g/mol. The number of carbonyl (C=O) groups excluding carboxylic acids is 2. The highest BCUT2D eigenvalue weighted by Crippen LogP contribution is 2.07. The standard InChI is InChI=1S/C13H23NO5/c1-4-6-9(3)12(16)14-10(13(17)18)7-8-11(15)19-5-2/h9-10H,4-8H2,1-3H3,(H,14,16)(H,17,18)/t9?,10-/m0/s1. The van der Waals surface area contributed by atoms with Crippen molar-refractivity contribution >= 4 is 17.8 Å². The van der Waals surface area contributed by atoms with Crippen LogP contribution in [0.15, 0.2) is 0 Å². The van der Waals surface area contributed by atoms with E-state index >= 15 is 0 Å². The van der Waals surface area contributed by atoms with Crippen molar-refractivity contribution in [3.05, 3.63) is 0 Å². The van der Waals surface area contributed by atoms with Crippen molar-refractivity contribution in [1.82, 2.24) is 5.32 Å². The van der Waals surface area contributed by atoms with Crippen LogP contribution >= 0.6 is 0 Å². The monoisotopic (exact) mass is 273 g/mol. The van der Waals surface area contributed by atoms with E-state index in [1.54, 1.807) is 13.8 Å². The Morgan fingerprint density at radius 1 is 1.21 bits per heavy atom. The van der Waals surface area contributed by atoms with Crippen LogP contribution in [0.1, 0.15) is 46.5 Å². The van der Waals surface area contributed by atoms with E-state index in [9.17, 15) is 14.4 Å². The molecular formula is C13H23NO5. The summed E-state index contributed by atoms with van der Waals surface area (Å²) in [7, 11) is 0. The Morgan fingerprint density at radius 3 is 2.32 bits per heavy atom. The summed E-state index contributed by atoms with van der Waals surface area (Å²) in [5.41, 5.74) is 0. The fraction of sp³-hybridized carbons (Fsp3) is 0.769. The van der Waals surface area contributed by atoms with E-state index in [0.29, 0.717) is 6.42 Å². The molecule has 0 aromatic heterocycles. The van der Waals surface area contributed by atoms with E-state index in [0.717, 1.165) is 6.42 Å². The smallest absolute Gasteiger partial charge is 0.326 e. The highest BCUT2D eigenvalue weighted by Gasteiger charge is 2.23. The number of ether oxygens (including phenoxy) is 1. The molecule has 0 radical (unpaired) electrons. The third kappa shape index (κ3) is 7.43. The number of hydrogen-bond acceptors (Lipinski definition) is 4. The second kappa shape index (κ2) is 9.35. The molecule has 0 aliphatic carbocycles. The van der Waals surface area contributed by atoms with Crippen LogP contribution in [0, 0.1) is 5.92 Å². The fourth-order valence-electron chi connectivity index (χ4n) is 1.63. The molecule has 1 unspecified atom stereocenters. The lowest BCUT2D eigenvalue weighted by atomic mass is 10.0. The van der Waals surface area contributed by atoms with E-state index < -0.39 is 18.0 Å². The maximum Gasteiger partial charge on any atom is 0.326 e. The van der Waals surface area contributed by atoms with Gasteiger partial charge in [0.2, 0.25) is 5.91 Å². The Bertz CT molecular complexity index is 316. The fourth-order valence-corrected chi connectivity index (χ4v) is 1.63. The van der Waals surface area contributed by atoms with Gasteiger partial charge in [0, 0.05) is 12.3 Å². The van der Waals surface area contributed by atoms with E-state index in [1.165, 1.54) is 0 Å². The molecule has 6 nitrogen and oxygen atoms in total. The van der Waals surface area contributed by atoms with E-state index in [4.69, 9.17) is 9.84 Å². The lowest BCUT2D eigenvalue weighted by Gasteiger charge is -2.17. The summed E-state index contributed by atoms with van der Waals surface area (Å²) in [5, 5.41) is 11.5. The summed E-state index contributed by atoms with van der Waals surface area (Å²) >= 11 is 0. The molecule has 6 heteroatoms. The maximum absolute atomic E-state index is 11.7. The first-order valence-electron chi connectivity index (χ1n) is 6.61. The molecule has 0 rings (SSSR count). The molecule has 1 amide bonds. The first-order chi connectivity index (χ1) is 8.92. The summed E-state index contributed by atoms with van der Waals surface area (Å²) in [4.78, 5) is 33.9. The molecule has 110 valence electrons. The van der Waals surface area contributed by atoms with Crippen molar-refractivity contribution in [2.75, 3.05) is 6.61 Å². The van der Waals surface area contributed by atoms with Crippen LogP contribution in [0.4, 0.5) is 0 Å². The predicted molar refractivity (Wildman–Crippen MR) is 69.5 cm³/mol. The highest BCUT2D eigenvalue weighted by atomic mass is 16.5. The van der Waals surface area contributed by atoms with E-state index in [2.05, 4.69) is 5.32 Å². The van der Waals surface area contributed by atoms with Crippen LogP contribution in [-0.4, -0.2) is 35.6 Å². The molecule has 0 aromatic rings. The average Bonchev–Trinajstić information content (AvgIpc) is 2.34. The summed E-state index contributed by atoms with van der Waals surface area (Å²) in [6, 6.07) is -1.05. The van der Waals surface area contributed by atoms with E-state index in [1.807, 2.05) is 6.92 Å². The molecule has 19 heavy (non-hydrogen) atoms. The van der Waals surface area contributed by atoms with Gasteiger partial charge in [0.15, 0.2) is 0 Å². The summed E-state index contributed by atoms with van der Waals surface area (Å²) in [6.07, 6.45) is 1.58. The zero-order valence-electron chi connectivity index (χ0n) is 11.8. The largest absolute Gasteiger partial charge is 0.480 e. The number of nitrogens with one attached hydrogen (secondary N) is 1. The normalized spacial score (nSPS) is 13.4. The number of carboxylic acid groups (broad SMARTS) is 1. The van der Waals surface area contributed by atoms with Crippen molar-refractivity contribution in [3.8, 4) is 0 Å². The number of amides is 1. The number of esters is 1. The zero-order chi connectivity index (χ0) is 14.8. The van der Waals surface area contributed by atoms with Gasteiger partial charge in [-0.15, -0.1) is 0 Å². The molecule has 0 saturated carbocycles. The lowest BCUT2D eigenvalue weighted by Crippen LogP contribution is -2.43. The number of rotatable bonds is 9. The van der Waals surface area contributed by atoms with Gasteiger partial charge in [0.25, 0.3) is 0 Å². The van der Waals surface area contributed by atoms with Crippen LogP contribution in [0.5, 0.6) is 0 Å². The molecule has 0 spiro atoms. The van der Waals surface area contributed by atoms with Gasteiger partial charge in [-0.05, 0) is 19.8 Å². The van der Waals surface area contributed by atoms with Gasteiger partial charge in [0.1, 0.15) is 6.04 Å². The van der Waals surface area contributed by atoms with Crippen molar-refractivity contribution in [2.45, 2.75) is 52.5 Å². The van der Waals surface area contributed by atoms with Crippen molar-refractivity contribution in [2.24, 2.45) is 5.92 Å². The minimum Gasteiger partial charge on any atom is -0.480 e. The van der Waals surface area contributed by atoms with Crippen molar-refractivity contribution < 1.29 is 24.2 Å². The van der Waals surface area contributed by atoms with Crippen LogP contribution < -0.4 is 5.32 Å². The number of aliphatic carboxylic acids is 1. The number of hydrogen-bond donors (Lipinski definition) is 2. The highest BCUT2D eigenvalue weighted by molar-refractivity contribution is 5.85. The minimum absolute atomic E-state index is 0.0206. The molecule has 0 aliphatic rings. The molecule has 2 N–H and O–H groups in total. The van der Waals surface area contributed by atoms with E-state index in [-0.39, 0.29) is 31.3 Å². The molecule has 2 atom stereocenters. The molecule has 0 aromatic carbocycles. The van der Waals surface area contributed by atoms with Crippen LogP contribution in [-0.2, 0) is 19.1 Å². The molecule has 0 aliphatic heterocycles. The summed E-state index contributed by atoms with van der Waals surface area (Å²) < 4.78 is 4.72. The second-order valence-corrected chi connectivity index (χ2v) is 4.43. The van der Waals surface area contributed by atoms with Crippen LogP contribution in [0.25, 0.3) is 0 Å². The Labute approximate surface area is 113 Å². The number of carboxylic acids is 1. The molecule has 0 fully saturated rings. The molecule has 0 bridgehead atoms. The Kier molecular flexibility index (Phi) is 8.57. The van der Waals surface area contributed by atoms with Gasteiger partial charge in [-0.1, -0.05) is 20.3 Å². The molecular weight excluding hydrogens is 250 g/mol.